The van der Waals surface area contributed by atoms with E-state index in [2.05, 4.69) is 20.0 Å². The van der Waals surface area contributed by atoms with Gasteiger partial charge in [0.05, 0.1) is 22.4 Å². The van der Waals surface area contributed by atoms with Crippen molar-refractivity contribution in [2.75, 3.05) is 37.4 Å². The van der Waals surface area contributed by atoms with Crippen molar-refractivity contribution in [1.29, 1.82) is 0 Å². The molecule has 7 nitrogen and oxygen atoms in total. The summed E-state index contributed by atoms with van der Waals surface area (Å²) in [6, 6.07) is 8.57. The normalized spacial score (nSPS) is 18.4. The Morgan fingerprint density at radius 3 is 1.98 bits per heavy atom. The second-order valence-electron chi connectivity index (χ2n) is 10.6. The van der Waals surface area contributed by atoms with Crippen molar-refractivity contribution in [2.24, 2.45) is 11.8 Å². The molecule has 1 fully saturated rings. The number of hydrogen-bond acceptors (Lipinski definition) is 6. The van der Waals surface area contributed by atoms with Gasteiger partial charge in [-0.15, -0.1) is 0 Å². The van der Waals surface area contributed by atoms with Gasteiger partial charge in [-0.1, -0.05) is 12.1 Å². The number of aromatic nitrogens is 2. The SMILES string of the molecule is CN(C)c1nc(NCC2CCC(CNS(=O)(=O)Cc3cc(C(F)(F)F)cc(C(F)(F)F)c3)CC2)nc2ccccc12. The van der Waals surface area contributed by atoms with Crippen molar-refractivity contribution in [2.45, 2.75) is 43.8 Å². The predicted octanol–water partition coefficient (Wildman–Crippen LogP) is 6.07. The van der Waals surface area contributed by atoms with Crippen molar-refractivity contribution in [3.8, 4) is 0 Å². The molecule has 1 saturated carbocycles. The smallest absolute Gasteiger partial charge is 0.362 e. The lowest BCUT2D eigenvalue weighted by Gasteiger charge is -2.29. The summed E-state index contributed by atoms with van der Waals surface area (Å²) in [7, 11) is -0.345. The van der Waals surface area contributed by atoms with Gasteiger partial charge in [-0.3, -0.25) is 0 Å². The van der Waals surface area contributed by atoms with Gasteiger partial charge in [0.25, 0.3) is 0 Å². The van der Waals surface area contributed by atoms with Gasteiger partial charge in [0.1, 0.15) is 5.82 Å². The second-order valence-corrected chi connectivity index (χ2v) is 12.4. The Morgan fingerprint density at radius 1 is 0.854 bits per heavy atom. The largest absolute Gasteiger partial charge is 0.416 e. The highest BCUT2D eigenvalue weighted by Gasteiger charge is 2.37. The van der Waals surface area contributed by atoms with Crippen LogP contribution < -0.4 is 14.9 Å². The van der Waals surface area contributed by atoms with Gasteiger partial charge in [-0.25, -0.2) is 18.1 Å². The van der Waals surface area contributed by atoms with E-state index >= 15 is 0 Å². The maximum Gasteiger partial charge on any atom is 0.416 e. The zero-order valence-corrected chi connectivity index (χ0v) is 23.3. The number of fused-ring (bicyclic) bond motifs is 1. The summed E-state index contributed by atoms with van der Waals surface area (Å²) in [5, 5.41) is 4.25. The number of nitrogens with zero attached hydrogens (tertiary/aromatic N) is 3. The van der Waals surface area contributed by atoms with Crippen molar-refractivity contribution in [1.82, 2.24) is 14.7 Å². The predicted molar refractivity (Wildman–Crippen MR) is 145 cm³/mol. The van der Waals surface area contributed by atoms with E-state index in [0.29, 0.717) is 30.5 Å². The molecule has 0 radical (unpaired) electrons. The Balaban J connectivity index is 1.30. The molecule has 0 aliphatic heterocycles. The van der Waals surface area contributed by atoms with E-state index < -0.39 is 44.8 Å². The first-order chi connectivity index (χ1) is 19.1. The third kappa shape index (κ3) is 8.22. The van der Waals surface area contributed by atoms with Gasteiger partial charge in [-0.2, -0.15) is 31.3 Å². The lowest BCUT2D eigenvalue weighted by Crippen LogP contribution is -2.33. The van der Waals surface area contributed by atoms with Crippen LogP contribution in [0.3, 0.4) is 0 Å². The third-order valence-electron chi connectivity index (χ3n) is 7.12. The minimum Gasteiger partial charge on any atom is -0.362 e. The average Bonchev–Trinajstić information content (AvgIpc) is 2.89. The Morgan fingerprint density at radius 2 is 1.41 bits per heavy atom. The number of halogens is 6. The van der Waals surface area contributed by atoms with E-state index in [4.69, 9.17) is 0 Å². The van der Waals surface area contributed by atoms with Gasteiger partial charge in [0.2, 0.25) is 16.0 Å². The van der Waals surface area contributed by atoms with Crippen LogP contribution in [0.1, 0.15) is 42.4 Å². The van der Waals surface area contributed by atoms with Crippen LogP contribution >= 0.6 is 0 Å². The molecule has 2 aromatic carbocycles. The fourth-order valence-corrected chi connectivity index (χ4v) is 6.17. The summed E-state index contributed by atoms with van der Waals surface area (Å²) in [6.45, 7) is 0.703. The standard InChI is InChI=1S/C27H31F6N5O2S/c1-38(2)24-22-5-3-4-6-23(22)36-25(37-24)34-14-17-7-9-18(10-8-17)15-35-41(39,40)16-19-11-20(26(28,29)30)13-21(12-19)27(31,32)33/h3-6,11-13,17-18,35H,7-10,14-16H2,1-2H3,(H,34,36,37). The molecule has 0 unspecified atom stereocenters. The lowest BCUT2D eigenvalue weighted by atomic mass is 9.82. The molecule has 0 amide bonds. The summed E-state index contributed by atoms with van der Waals surface area (Å²) in [4.78, 5) is 11.1. The van der Waals surface area contributed by atoms with Crippen molar-refractivity contribution in [3.05, 3.63) is 59.2 Å². The van der Waals surface area contributed by atoms with Gasteiger partial charge in [0.15, 0.2) is 0 Å². The monoisotopic (exact) mass is 603 g/mol. The van der Waals surface area contributed by atoms with Crippen molar-refractivity contribution < 1.29 is 34.8 Å². The van der Waals surface area contributed by atoms with E-state index in [1.54, 1.807) is 0 Å². The summed E-state index contributed by atoms with van der Waals surface area (Å²) in [5.41, 5.74) is -2.85. The van der Waals surface area contributed by atoms with Crippen LogP contribution in [0.15, 0.2) is 42.5 Å². The van der Waals surface area contributed by atoms with E-state index in [9.17, 15) is 34.8 Å². The zero-order valence-electron chi connectivity index (χ0n) is 22.5. The van der Waals surface area contributed by atoms with Gasteiger partial charge in [0, 0.05) is 32.6 Å². The minimum atomic E-state index is -5.05. The molecule has 224 valence electrons. The molecule has 2 N–H and O–H groups in total. The van der Waals surface area contributed by atoms with E-state index in [1.807, 2.05) is 43.3 Å². The maximum absolute atomic E-state index is 13.1. The summed E-state index contributed by atoms with van der Waals surface area (Å²) in [6.07, 6.45) is -7.02. The molecular weight excluding hydrogens is 572 g/mol. The summed E-state index contributed by atoms with van der Waals surface area (Å²) >= 11 is 0. The van der Waals surface area contributed by atoms with Crippen molar-refractivity contribution in [3.63, 3.8) is 0 Å². The van der Waals surface area contributed by atoms with Crippen LogP contribution in [-0.2, 0) is 28.1 Å². The van der Waals surface area contributed by atoms with Crippen LogP contribution in [0.2, 0.25) is 0 Å². The first-order valence-electron chi connectivity index (χ1n) is 13.0. The second kappa shape index (κ2) is 12.0. The maximum atomic E-state index is 13.1. The molecule has 0 saturated heterocycles. The molecule has 3 aromatic rings. The van der Waals surface area contributed by atoms with Crippen LogP contribution in [0.25, 0.3) is 10.9 Å². The Labute approximate surface area is 234 Å². The van der Waals surface area contributed by atoms with E-state index in [-0.39, 0.29) is 18.5 Å². The van der Waals surface area contributed by atoms with Gasteiger partial charge in [-0.05, 0) is 73.4 Å². The molecule has 1 aromatic heterocycles. The van der Waals surface area contributed by atoms with Gasteiger partial charge < -0.3 is 10.2 Å². The number of alkyl halides is 6. The molecule has 1 aliphatic carbocycles. The molecule has 4 rings (SSSR count). The number of benzene rings is 2. The fourth-order valence-electron chi connectivity index (χ4n) is 4.97. The highest BCUT2D eigenvalue weighted by atomic mass is 32.2. The highest BCUT2D eigenvalue weighted by molar-refractivity contribution is 7.88. The van der Waals surface area contributed by atoms with Crippen LogP contribution in [0, 0.1) is 11.8 Å². The zero-order chi connectivity index (χ0) is 30.0. The number of sulfonamides is 1. The highest BCUT2D eigenvalue weighted by Crippen LogP contribution is 2.37. The Kier molecular flexibility index (Phi) is 9.02. The van der Waals surface area contributed by atoms with Crippen LogP contribution in [0.5, 0.6) is 0 Å². The topological polar surface area (TPSA) is 87.2 Å². The molecule has 41 heavy (non-hydrogen) atoms. The van der Waals surface area contributed by atoms with E-state index in [1.165, 1.54) is 0 Å². The van der Waals surface area contributed by atoms with E-state index in [0.717, 1.165) is 42.4 Å². The fraction of sp³-hybridized carbons (Fsp3) is 0.481. The van der Waals surface area contributed by atoms with Crippen LogP contribution in [-0.4, -0.2) is 45.6 Å². The molecule has 14 heteroatoms. The molecule has 0 atom stereocenters. The molecule has 0 bridgehead atoms. The number of anilines is 2. The third-order valence-corrected chi connectivity index (χ3v) is 8.44. The Hall–Kier alpha value is -3.13. The average molecular weight is 604 g/mol. The van der Waals surface area contributed by atoms with Crippen molar-refractivity contribution >= 4 is 32.7 Å². The molecule has 0 spiro atoms. The summed E-state index contributed by atoms with van der Waals surface area (Å²) < 4.78 is 106. The molecule has 1 aliphatic rings. The van der Waals surface area contributed by atoms with Crippen LogP contribution in [0.4, 0.5) is 38.1 Å². The molecular formula is C27H31F6N5O2S. The number of nitrogens with one attached hydrogen (secondary N) is 2. The number of rotatable bonds is 9. The quantitative estimate of drug-likeness (QED) is 0.289. The summed E-state index contributed by atoms with van der Waals surface area (Å²) in [5.74, 6) is 0.650. The number of hydrogen-bond donors (Lipinski definition) is 2. The lowest BCUT2D eigenvalue weighted by molar-refractivity contribution is -0.143. The minimum absolute atomic E-state index is 0.00512. The first-order valence-corrected chi connectivity index (χ1v) is 14.7. The van der Waals surface area contributed by atoms with Gasteiger partial charge >= 0.3 is 12.4 Å². The number of para-hydroxylation sites is 1. The first kappa shape index (κ1) is 30.8. The molecule has 1 heterocycles. The Bertz CT molecular complexity index is 1440.